The third-order valence-corrected chi connectivity index (χ3v) is 2.48. The predicted octanol–water partition coefficient (Wildman–Crippen LogP) is 2.64. The second-order valence-electron chi connectivity index (χ2n) is 5.33. The molecule has 0 aromatic heterocycles. The van der Waals surface area contributed by atoms with Crippen molar-refractivity contribution in [1.82, 2.24) is 5.32 Å². The first kappa shape index (κ1) is 14.4. The van der Waals surface area contributed by atoms with Gasteiger partial charge in [0, 0.05) is 12.2 Å². The van der Waals surface area contributed by atoms with Gasteiger partial charge in [0.2, 0.25) is 0 Å². The third-order valence-electron chi connectivity index (χ3n) is 2.48. The molecular formula is C14H22N2O2. The first-order valence-corrected chi connectivity index (χ1v) is 6.10. The third kappa shape index (κ3) is 4.65. The van der Waals surface area contributed by atoms with Gasteiger partial charge in [0.05, 0.1) is 0 Å². The fourth-order valence-electron chi connectivity index (χ4n) is 1.57. The Balaban J connectivity index is 2.43. The number of carbonyl (C=O) groups is 1. The fraction of sp³-hybridized carbons (Fsp3) is 0.500. The van der Waals surface area contributed by atoms with E-state index in [1.165, 1.54) is 0 Å². The maximum atomic E-state index is 11.4. The Kier molecular flexibility index (Phi) is 4.59. The second-order valence-corrected chi connectivity index (χ2v) is 5.33. The average Bonchev–Trinajstić information content (AvgIpc) is 2.21. The number of ether oxygens (including phenoxy) is 1. The number of hydrogen-bond donors (Lipinski definition) is 2. The quantitative estimate of drug-likeness (QED) is 0.810. The van der Waals surface area contributed by atoms with Crippen molar-refractivity contribution in [1.29, 1.82) is 0 Å². The number of para-hydroxylation sites is 1. The minimum Gasteiger partial charge on any atom is -0.444 e. The molecule has 4 heteroatoms. The molecule has 4 nitrogen and oxygen atoms in total. The number of nitrogens with two attached hydrogens (primary N) is 1. The SMILES string of the molecule is Cc1cccc(CCNC(=O)OC(C)(C)C)c1N. The zero-order valence-corrected chi connectivity index (χ0v) is 11.5. The van der Waals surface area contributed by atoms with Crippen LogP contribution in [0.3, 0.4) is 0 Å². The van der Waals surface area contributed by atoms with Crippen molar-refractivity contribution in [3.8, 4) is 0 Å². The summed E-state index contributed by atoms with van der Waals surface area (Å²) in [7, 11) is 0. The summed E-state index contributed by atoms with van der Waals surface area (Å²) in [6.45, 7) is 8.00. The van der Waals surface area contributed by atoms with Gasteiger partial charge in [-0.1, -0.05) is 18.2 Å². The van der Waals surface area contributed by atoms with Crippen LogP contribution in [0.15, 0.2) is 18.2 Å². The monoisotopic (exact) mass is 250 g/mol. The van der Waals surface area contributed by atoms with E-state index in [0.29, 0.717) is 13.0 Å². The lowest BCUT2D eigenvalue weighted by molar-refractivity contribution is 0.0528. The zero-order chi connectivity index (χ0) is 13.8. The number of hydrogen-bond acceptors (Lipinski definition) is 3. The smallest absolute Gasteiger partial charge is 0.407 e. The Hall–Kier alpha value is -1.71. The van der Waals surface area contributed by atoms with Crippen molar-refractivity contribution >= 4 is 11.8 Å². The van der Waals surface area contributed by atoms with Crippen molar-refractivity contribution in [2.45, 2.75) is 39.7 Å². The standard InChI is InChI=1S/C14H22N2O2/c1-10-6-5-7-11(12(10)15)8-9-16-13(17)18-14(2,3)4/h5-7H,8-9,15H2,1-4H3,(H,16,17). The van der Waals surface area contributed by atoms with Gasteiger partial charge in [-0.05, 0) is 45.2 Å². The first-order chi connectivity index (χ1) is 8.29. The lowest BCUT2D eigenvalue weighted by atomic mass is 10.1. The van der Waals surface area contributed by atoms with Gasteiger partial charge >= 0.3 is 6.09 Å². The topological polar surface area (TPSA) is 64.3 Å². The Bertz CT molecular complexity index is 422. The highest BCUT2D eigenvalue weighted by molar-refractivity contribution is 5.67. The summed E-state index contributed by atoms with van der Waals surface area (Å²) in [6, 6.07) is 5.91. The average molecular weight is 250 g/mol. The summed E-state index contributed by atoms with van der Waals surface area (Å²) in [4.78, 5) is 11.4. The molecule has 1 rings (SSSR count). The fourth-order valence-corrected chi connectivity index (χ4v) is 1.57. The molecule has 100 valence electrons. The van der Waals surface area contributed by atoms with Crippen molar-refractivity contribution in [2.75, 3.05) is 12.3 Å². The Morgan fingerprint density at radius 1 is 1.39 bits per heavy atom. The molecule has 18 heavy (non-hydrogen) atoms. The van der Waals surface area contributed by atoms with Gasteiger partial charge in [0.25, 0.3) is 0 Å². The molecule has 0 bridgehead atoms. The molecule has 0 radical (unpaired) electrons. The van der Waals surface area contributed by atoms with Crippen LogP contribution < -0.4 is 11.1 Å². The van der Waals surface area contributed by atoms with Crippen LogP contribution in [0.25, 0.3) is 0 Å². The van der Waals surface area contributed by atoms with Crippen molar-refractivity contribution in [3.63, 3.8) is 0 Å². The summed E-state index contributed by atoms with van der Waals surface area (Å²) >= 11 is 0. The molecule has 0 aliphatic carbocycles. The van der Waals surface area contributed by atoms with Gasteiger partial charge in [-0.15, -0.1) is 0 Å². The predicted molar refractivity (Wildman–Crippen MR) is 73.5 cm³/mol. The molecule has 0 unspecified atom stereocenters. The number of rotatable bonds is 3. The van der Waals surface area contributed by atoms with Crippen LogP contribution in [0.2, 0.25) is 0 Å². The maximum Gasteiger partial charge on any atom is 0.407 e. The van der Waals surface area contributed by atoms with Crippen LogP contribution in [0, 0.1) is 6.92 Å². The molecule has 0 spiro atoms. The number of alkyl carbamates (subject to hydrolysis) is 1. The van der Waals surface area contributed by atoms with Crippen molar-refractivity contribution in [2.24, 2.45) is 0 Å². The number of amides is 1. The molecule has 1 aromatic rings. The van der Waals surface area contributed by atoms with Crippen LogP contribution >= 0.6 is 0 Å². The summed E-state index contributed by atoms with van der Waals surface area (Å²) in [5.41, 5.74) is 8.39. The second kappa shape index (κ2) is 5.76. The summed E-state index contributed by atoms with van der Waals surface area (Å²) in [5.74, 6) is 0. The van der Waals surface area contributed by atoms with E-state index in [2.05, 4.69) is 5.32 Å². The molecule has 0 saturated heterocycles. The van der Waals surface area contributed by atoms with E-state index in [0.717, 1.165) is 16.8 Å². The number of anilines is 1. The number of carbonyl (C=O) groups excluding carboxylic acids is 1. The summed E-state index contributed by atoms with van der Waals surface area (Å²) in [6.07, 6.45) is 0.306. The van der Waals surface area contributed by atoms with Gasteiger partial charge in [-0.25, -0.2) is 4.79 Å². The van der Waals surface area contributed by atoms with Crippen LogP contribution in [0.4, 0.5) is 10.5 Å². The number of benzene rings is 1. The maximum absolute atomic E-state index is 11.4. The number of aryl methyl sites for hydroxylation is 1. The molecule has 1 aromatic carbocycles. The Morgan fingerprint density at radius 3 is 2.67 bits per heavy atom. The zero-order valence-electron chi connectivity index (χ0n) is 11.5. The Labute approximate surface area is 109 Å². The Morgan fingerprint density at radius 2 is 2.06 bits per heavy atom. The first-order valence-electron chi connectivity index (χ1n) is 6.10. The van der Waals surface area contributed by atoms with E-state index in [9.17, 15) is 4.79 Å². The van der Waals surface area contributed by atoms with E-state index in [4.69, 9.17) is 10.5 Å². The van der Waals surface area contributed by atoms with Crippen LogP contribution in [0.1, 0.15) is 31.9 Å². The molecule has 1 amide bonds. The normalized spacial score (nSPS) is 11.1. The van der Waals surface area contributed by atoms with Gasteiger partial charge in [-0.2, -0.15) is 0 Å². The molecule has 0 saturated carbocycles. The molecule has 0 fully saturated rings. The minimum absolute atomic E-state index is 0.395. The number of nitrogens with one attached hydrogen (secondary N) is 1. The molecule has 0 atom stereocenters. The molecule has 0 aliphatic rings. The lowest BCUT2D eigenvalue weighted by Gasteiger charge is -2.19. The van der Waals surface area contributed by atoms with Crippen LogP contribution in [-0.4, -0.2) is 18.2 Å². The van der Waals surface area contributed by atoms with Gasteiger partial charge in [-0.3, -0.25) is 0 Å². The highest BCUT2D eigenvalue weighted by atomic mass is 16.6. The van der Waals surface area contributed by atoms with Gasteiger partial charge in [0.15, 0.2) is 0 Å². The van der Waals surface area contributed by atoms with E-state index < -0.39 is 11.7 Å². The lowest BCUT2D eigenvalue weighted by Crippen LogP contribution is -2.33. The molecular weight excluding hydrogens is 228 g/mol. The van der Waals surface area contributed by atoms with E-state index in [1.807, 2.05) is 45.9 Å². The van der Waals surface area contributed by atoms with E-state index in [1.54, 1.807) is 0 Å². The van der Waals surface area contributed by atoms with E-state index in [-0.39, 0.29) is 0 Å². The van der Waals surface area contributed by atoms with Crippen molar-refractivity contribution < 1.29 is 9.53 Å². The highest BCUT2D eigenvalue weighted by Crippen LogP contribution is 2.16. The number of nitrogen functional groups attached to an aromatic ring is 1. The summed E-state index contributed by atoms with van der Waals surface area (Å²) in [5, 5.41) is 2.72. The molecule has 0 aliphatic heterocycles. The molecule has 0 heterocycles. The largest absolute Gasteiger partial charge is 0.444 e. The molecule has 3 N–H and O–H groups in total. The van der Waals surface area contributed by atoms with Crippen molar-refractivity contribution in [3.05, 3.63) is 29.3 Å². The van der Waals surface area contributed by atoms with Gasteiger partial charge in [0.1, 0.15) is 5.60 Å². The summed E-state index contributed by atoms with van der Waals surface area (Å²) < 4.78 is 5.15. The highest BCUT2D eigenvalue weighted by Gasteiger charge is 2.15. The van der Waals surface area contributed by atoms with E-state index >= 15 is 0 Å². The van der Waals surface area contributed by atoms with Crippen LogP contribution in [0.5, 0.6) is 0 Å². The van der Waals surface area contributed by atoms with Gasteiger partial charge < -0.3 is 15.8 Å². The van der Waals surface area contributed by atoms with Crippen LogP contribution in [-0.2, 0) is 11.2 Å². The minimum atomic E-state index is -0.466.